The first-order chi connectivity index (χ1) is 8.66. The highest BCUT2D eigenvalue weighted by Gasteiger charge is 2.18. The van der Waals surface area contributed by atoms with E-state index in [2.05, 4.69) is 30.9 Å². The van der Waals surface area contributed by atoms with Gasteiger partial charge in [0.15, 0.2) is 10.4 Å². The molecule has 2 rings (SSSR count). The summed E-state index contributed by atoms with van der Waals surface area (Å²) in [5.41, 5.74) is 1.10. The fraction of sp³-hybridized carbons (Fsp3) is 0.615. The van der Waals surface area contributed by atoms with Gasteiger partial charge in [-0.05, 0) is 28.8 Å². The fourth-order valence-corrected chi connectivity index (χ4v) is 2.63. The van der Waals surface area contributed by atoms with Gasteiger partial charge in [-0.1, -0.05) is 19.3 Å². The van der Waals surface area contributed by atoms with Gasteiger partial charge >= 0.3 is 0 Å². The van der Waals surface area contributed by atoms with Gasteiger partial charge in [0.2, 0.25) is 0 Å². The standard InChI is InChI=1S/C13H19BrN4/c1-18(2)9-16-13-12(14)17-11(8-15-13)10-6-4-3-5-7-10/h8-10H,3-7H2,1-2H3. The van der Waals surface area contributed by atoms with Crippen molar-refractivity contribution in [1.82, 2.24) is 14.9 Å². The summed E-state index contributed by atoms with van der Waals surface area (Å²) in [5, 5.41) is 0. The molecule has 0 bridgehead atoms. The van der Waals surface area contributed by atoms with E-state index in [4.69, 9.17) is 0 Å². The Balaban J connectivity index is 2.13. The molecule has 0 aromatic carbocycles. The van der Waals surface area contributed by atoms with Crippen molar-refractivity contribution >= 4 is 28.1 Å². The lowest BCUT2D eigenvalue weighted by molar-refractivity contribution is 0.435. The summed E-state index contributed by atoms with van der Waals surface area (Å²) in [6.07, 6.45) is 10.1. The maximum atomic E-state index is 4.60. The van der Waals surface area contributed by atoms with Gasteiger partial charge in [0.25, 0.3) is 0 Å². The monoisotopic (exact) mass is 310 g/mol. The van der Waals surface area contributed by atoms with Gasteiger partial charge in [0.05, 0.1) is 18.2 Å². The summed E-state index contributed by atoms with van der Waals surface area (Å²) < 4.78 is 0.740. The van der Waals surface area contributed by atoms with Crippen molar-refractivity contribution in [1.29, 1.82) is 0 Å². The normalized spacial score (nSPS) is 17.3. The zero-order valence-electron chi connectivity index (χ0n) is 10.9. The summed E-state index contributed by atoms with van der Waals surface area (Å²) >= 11 is 3.46. The summed E-state index contributed by atoms with van der Waals surface area (Å²) in [7, 11) is 3.86. The summed E-state index contributed by atoms with van der Waals surface area (Å²) in [6.45, 7) is 0. The molecule has 5 heteroatoms. The highest BCUT2D eigenvalue weighted by atomic mass is 79.9. The number of aliphatic imine (C=N–C) groups is 1. The zero-order valence-corrected chi connectivity index (χ0v) is 12.5. The van der Waals surface area contributed by atoms with Crippen LogP contribution < -0.4 is 0 Å². The molecule has 1 aliphatic rings. The van der Waals surface area contributed by atoms with Crippen LogP contribution in [0.5, 0.6) is 0 Å². The molecule has 98 valence electrons. The molecule has 0 unspecified atom stereocenters. The highest BCUT2D eigenvalue weighted by Crippen LogP contribution is 2.32. The molecular formula is C13H19BrN4. The summed E-state index contributed by atoms with van der Waals surface area (Å²) in [6, 6.07) is 0. The molecule has 4 nitrogen and oxygen atoms in total. The van der Waals surface area contributed by atoms with Crippen LogP contribution in [-0.2, 0) is 0 Å². The fourth-order valence-electron chi connectivity index (χ4n) is 2.22. The first-order valence-corrected chi connectivity index (χ1v) is 7.19. The maximum Gasteiger partial charge on any atom is 0.186 e. The van der Waals surface area contributed by atoms with Gasteiger partial charge < -0.3 is 4.90 Å². The Morgan fingerprint density at radius 1 is 1.33 bits per heavy atom. The Morgan fingerprint density at radius 2 is 2.06 bits per heavy atom. The van der Waals surface area contributed by atoms with Crippen LogP contribution in [0, 0.1) is 0 Å². The third kappa shape index (κ3) is 3.51. The smallest absolute Gasteiger partial charge is 0.186 e. The first-order valence-electron chi connectivity index (χ1n) is 6.40. The van der Waals surface area contributed by atoms with Crippen molar-refractivity contribution in [3.05, 3.63) is 16.5 Å². The van der Waals surface area contributed by atoms with Crippen molar-refractivity contribution < 1.29 is 0 Å². The van der Waals surface area contributed by atoms with Crippen LogP contribution in [0.2, 0.25) is 0 Å². The van der Waals surface area contributed by atoms with Gasteiger partial charge in [-0.25, -0.2) is 15.0 Å². The van der Waals surface area contributed by atoms with Gasteiger partial charge in [0, 0.05) is 20.0 Å². The third-order valence-corrected chi connectivity index (χ3v) is 3.70. The van der Waals surface area contributed by atoms with E-state index in [0.717, 1.165) is 10.3 Å². The average Bonchev–Trinajstić information content (AvgIpc) is 2.38. The molecular weight excluding hydrogens is 292 g/mol. The van der Waals surface area contributed by atoms with E-state index >= 15 is 0 Å². The molecule has 0 amide bonds. The minimum Gasteiger partial charge on any atom is -0.369 e. The van der Waals surface area contributed by atoms with Gasteiger partial charge in [-0.2, -0.15) is 0 Å². The van der Waals surface area contributed by atoms with Crippen LogP contribution >= 0.6 is 15.9 Å². The topological polar surface area (TPSA) is 41.4 Å². The van der Waals surface area contributed by atoms with E-state index in [1.54, 1.807) is 6.34 Å². The van der Waals surface area contributed by atoms with E-state index in [1.165, 1.54) is 32.1 Å². The summed E-state index contributed by atoms with van der Waals surface area (Å²) in [4.78, 5) is 15.1. The van der Waals surface area contributed by atoms with Crippen molar-refractivity contribution in [3.63, 3.8) is 0 Å². The van der Waals surface area contributed by atoms with Crippen molar-refractivity contribution in [2.75, 3.05) is 14.1 Å². The number of hydrogen-bond acceptors (Lipinski definition) is 3. The largest absolute Gasteiger partial charge is 0.369 e. The van der Waals surface area contributed by atoms with Crippen LogP contribution in [-0.4, -0.2) is 35.3 Å². The van der Waals surface area contributed by atoms with Crippen LogP contribution in [0.1, 0.15) is 43.7 Å². The number of aromatic nitrogens is 2. The molecule has 1 aromatic heterocycles. The molecule has 1 heterocycles. The molecule has 1 saturated carbocycles. The second-order valence-corrected chi connectivity index (χ2v) is 5.70. The average molecular weight is 311 g/mol. The molecule has 0 atom stereocenters. The van der Waals surface area contributed by atoms with Crippen molar-refractivity contribution in [3.8, 4) is 0 Å². The highest BCUT2D eigenvalue weighted by molar-refractivity contribution is 9.10. The Hall–Kier alpha value is -0.970. The molecule has 18 heavy (non-hydrogen) atoms. The van der Waals surface area contributed by atoms with Crippen LogP contribution in [0.3, 0.4) is 0 Å². The SMILES string of the molecule is CN(C)C=Nc1ncc(C2CCCCC2)nc1Br. The molecule has 0 spiro atoms. The number of rotatable bonds is 3. The maximum absolute atomic E-state index is 4.60. The molecule has 1 fully saturated rings. The van der Waals surface area contributed by atoms with Crippen LogP contribution in [0.25, 0.3) is 0 Å². The van der Waals surface area contributed by atoms with E-state index < -0.39 is 0 Å². The second kappa shape index (κ2) is 6.27. The van der Waals surface area contributed by atoms with E-state index in [9.17, 15) is 0 Å². The van der Waals surface area contributed by atoms with E-state index in [0.29, 0.717) is 11.7 Å². The van der Waals surface area contributed by atoms with Gasteiger partial charge in [0.1, 0.15) is 0 Å². The predicted molar refractivity (Wildman–Crippen MR) is 77.4 cm³/mol. The number of hydrogen-bond donors (Lipinski definition) is 0. The molecule has 0 radical (unpaired) electrons. The van der Waals surface area contributed by atoms with Crippen LogP contribution in [0.15, 0.2) is 15.8 Å². The second-order valence-electron chi connectivity index (χ2n) is 4.95. The molecule has 0 N–H and O–H groups in total. The van der Waals surface area contributed by atoms with E-state index in [-0.39, 0.29) is 0 Å². The zero-order chi connectivity index (χ0) is 13.0. The lowest BCUT2D eigenvalue weighted by Crippen LogP contribution is -2.08. The number of halogens is 1. The lowest BCUT2D eigenvalue weighted by Gasteiger charge is -2.20. The Labute approximate surface area is 117 Å². The van der Waals surface area contributed by atoms with Gasteiger partial charge in [-0.3, -0.25) is 0 Å². The minimum absolute atomic E-state index is 0.578. The predicted octanol–water partition coefficient (Wildman–Crippen LogP) is 3.51. The first kappa shape index (κ1) is 13.5. The van der Waals surface area contributed by atoms with E-state index in [1.807, 2.05) is 25.2 Å². The Kier molecular flexibility index (Phi) is 4.69. The van der Waals surface area contributed by atoms with Crippen molar-refractivity contribution in [2.24, 2.45) is 4.99 Å². The molecule has 1 aromatic rings. The summed E-state index contributed by atoms with van der Waals surface area (Å²) in [5.74, 6) is 1.22. The minimum atomic E-state index is 0.578. The van der Waals surface area contributed by atoms with Crippen LogP contribution in [0.4, 0.5) is 5.82 Å². The molecule has 0 aliphatic heterocycles. The Bertz CT molecular complexity index is 425. The quantitative estimate of drug-likeness (QED) is 0.633. The van der Waals surface area contributed by atoms with Crippen molar-refractivity contribution in [2.45, 2.75) is 38.0 Å². The third-order valence-electron chi connectivity index (χ3n) is 3.17. The Morgan fingerprint density at radius 3 is 2.67 bits per heavy atom. The van der Waals surface area contributed by atoms with Gasteiger partial charge in [-0.15, -0.1) is 0 Å². The molecule has 1 aliphatic carbocycles. The molecule has 0 saturated heterocycles. The number of nitrogens with zero attached hydrogens (tertiary/aromatic N) is 4. The lowest BCUT2D eigenvalue weighted by atomic mass is 9.87.